The van der Waals surface area contributed by atoms with Gasteiger partial charge < -0.3 is 14.5 Å². The Morgan fingerprint density at radius 3 is 2.70 bits per heavy atom. The maximum atomic E-state index is 12.5. The van der Waals surface area contributed by atoms with E-state index in [1.165, 1.54) is 21.6 Å². The highest BCUT2D eigenvalue weighted by Crippen LogP contribution is 2.23. The lowest BCUT2D eigenvalue weighted by atomic mass is 10.3. The lowest BCUT2D eigenvalue weighted by Crippen LogP contribution is -2.11. The third-order valence-corrected chi connectivity index (χ3v) is 5.04. The van der Waals surface area contributed by atoms with E-state index in [9.17, 15) is 14.9 Å². The third-order valence-electron chi connectivity index (χ3n) is 4.79. The van der Waals surface area contributed by atoms with Crippen molar-refractivity contribution in [1.82, 2.24) is 19.6 Å². The van der Waals surface area contributed by atoms with Gasteiger partial charge in [0.15, 0.2) is 12.5 Å². The molecule has 0 saturated carbocycles. The summed E-state index contributed by atoms with van der Waals surface area (Å²) >= 11 is 5.85. The Kier molecular flexibility index (Phi) is 6.13. The van der Waals surface area contributed by atoms with Crippen molar-refractivity contribution in [3.05, 3.63) is 86.8 Å². The molecule has 3 heterocycles. The van der Waals surface area contributed by atoms with Crippen LogP contribution in [0.3, 0.4) is 0 Å². The topological polar surface area (TPSA) is 130 Å². The van der Waals surface area contributed by atoms with Crippen molar-refractivity contribution >= 4 is 28.9 Å². The molecule has 0 bridgehead atoms. The normalized spacial score (nSPS) is 10.9. The SMILES string of the molecule is Cc1nn(Cc2ccc(C(=O)Nc3cnn(COc4ccc(Cl)cc4)c3)o2)c(C)c1[N+](=O)[O-]. The van der Waals surface area contributed by atoms with Gasteiger partial charge in [-0.25, -0.2) is 4.68 Å². The molecule has 1 N–H and O–H groups in total. The van der Waals surface area contributed by atoms with E-state index in [0.717, 1.165) is 0 Å². The highest BCUT2D eigenvalue weighted by atomic mass is 35.5. The maximum absolute atomic E-state index is 12.5. The molecule has 0 saturated heterocycles. The van der Waals surface area contributed by atoms with Gasteiger partial charge in [0.05, 0.1) is 29.5 Å². The minimum atomic E-state index is -0.462. The van der Waals surface area contributed by atoms with Gasteiger partial charge in [-0.15, -0.1) is 0 Å². The molecule has 11 nitrogen and oxygen atoms in total. The molecule has 12 heteroatoms. The number of hydrogen-bond donors (Lipinski definition) is 1. The molecule has 170 valence electrons. The Bertz CT molecular complexity index is 1310. The fourth-order valence-corrected chi connectivity index (χ4v) is 3.33. The number of nitrogens with one attached hydrogen (secondary N) is 1. The van der Waals surface area contributed by atoms with Crippen molar-refractivity contribution < 1.29 is 18.9 Å². The van der Waals surface area contributed by atoms with Crippen LogP contribution in [0.5, 0.6) is 5.75 Å². The highest BCUT2D eigenvalue weighted by molar-refractivity contribution is 6.30. The van der Waals surface area contributed by atoms with Crippen LogP contribution >= 0.6 is 11.6 Å². The molecule has 0 unspecified atom stereocenters. The molecule has 0 radical (unpaired) electrons. The number of nitro groups is 1. The molecule has 0 aliphatic rings. The van der Waals surface area contributed by atoms with Gasteiger partial charge in [0.25, 0.3) is 5.91 Å². The van der Waals surface area contributed by atoms with Crippen LogP contribution in [0.4, 0.5) is 11.4 Å². The van der Waals surface area contributed by atoms with Gasteiger partial charge in [0, 0.05) is 5.02 Å². The first-order valence-electron chi connectivity index (χ1n) is 9.79. The number of amides is 1. The number of nitrogens with zero attached hydrogens (tertiary/aromatic N) is 5. The number of benzene rings is 1. The number of halogens is 1. The standard InChI is InChI=1S/C21H19ClN6O5/c1-13-20(28(30)31)14(2)27(25-13)11-18-7-8-19(33-18)21(29)24-16-9-23-26(10-16)12-32-17-5-3-15(22)4-6-17/h3-10H,11-12H2,1-2H3,(H,24,29). The second-order valence-electron chi connectivity index (χ2n) is 7.15. The van der Waals surface area contributed by atoms with Gasteiger partial charge in [-0.3, -0.25) is 19.6 Å². The monoisotopic (exact) mass is 470 g/mol. The molecular formula is C21H19ClN6O5. The molecule has 3 aromatic heterocycles. The third kappa shape index (κ3) is 5.04. The summed E-state index contributed by atoms with van der Waals surface area (Å²) in [6, 6.07) is 10.1. The number of furan rings is 1. The van der Waals surface area contributed by atoms with E-state index in [2.05, 4.69) is 15.5 Å². The number of carbonyl (C=O) groups excluding carboxylic acids is 1. The quantitative estimate of drug-likeness (QED) is 0.302. The van der Waals surface area contributed by atoms with Crippen LogP contribution in [-0.4, -0.2) is 30.4 Å². The van der Waals surface area contributed by atoms with Crippen molar-refractivity contribution in [1.29, 1.82) is 0 Å². The molecule has 0 atom stereocenters. The van der Waals surface area contributed by atoms with Crippen molar-refractivity contribution in [2.75, 3.05) is 5.32 Å². The molecule has 4 aromatic rings. The average Bonchev–Trinajstić information content (AvgIpc) is 3.48. The van der Waals surface area contributed by atoms with Crippen LogP contribution in [-0.2, 0) is 13.3 Å². The number of aromatic nitrogens is 4. The van der Waals surface area contributed by atoms with Crippen molar-refractivity contribution in [3.8, 4) is 5.75 Å². The Labute approximate surface area is 192 Å². The molecule has 1 amide bonds. The number of carbonyl (C=O) groups is 1. The predicted molar refractivity (Wildman–Crippen MR) is 118 cm³/mol. The van der Waals surface area contributed by atoms with Crippen molar-refractivity contribution in [2.45, 2.75) is 27.1 Å². The number of ether oxygens (including phenoxy) is 1. The van der Waals surface area contributed by atoms with Gasteiger partial charge in [-0.2, -0.15) is 10.2 Å². The Morgan fingerprint density at radius 2 is 2.00 bits per heavy atom. The molecule has 33 heavy (non-hydrogen) atoms. The van der Waals surface area contributed by atoms with Crippen LogP contribution < -0.4 is 10.1 Å². The van der Waals surface area contributed by atoms with E-state index in [1.807, 2.05) is 0 Å². The lowest BCUT2D eigenvalue weighted by Gasteiger charge is -2.05. The number of hydrogen-bond acceptors (Lipinski definition) is 7. The number of anilines is 1. The summed E-state index contributed by atoms with van der Waals surface area (Å²) in [4.78, 5) is 23.2. The summed E-state index contributed by atoms with van der Waals surface area (Å²) in [7, 11) is 0. The Balaban J connectivity index is 1.36. The smallest absolute Gasteiger partial charge is 0.312 e. The first kappa shape index (κ1) is 22.1. The average molecular weight is 471 g/mol. The molecule has 0 fully saturated rings. The first-order valence-corrected chi connectivity index (χ1v) is 10.2. The molecule has 0 spiro atoms. The van der Waals surface area contributed by atoms with Gasteiger partial charge in [-0.05, 0) is 50.2 Å². The van der Waals surface area contributed by atoms with E-state index in [4.69, 9.17) is 20.8 Å². The van der Waals surface area contributed by atoms with Crippen LogP contribution in [0, 0.1) is 24.0 Å². The van der Waals surface area contributed by atoms with Crippen molar-refractivity contribution in [2.24, 2.45) is 0 Å². The highest BCUT2D eigenvalue weighted by Gasteiger charge is 2.22. The van der Waals surface area contributed by atoms with Gasteiger partial charge in [-0.1, -0.05) is 11.6 Å². The lowest BCUT2D eigenvalue weighted by molar-refractivity contribution is -0.386. The van der Waals surface area contributed by atoms with Crippen LogP contribution in [0.2, 0.25) is 5.02 Å². The van der Waals surface area contributed by atoms with E-state index in [-0.39, 0.29) is 24.7 Å². The largest absolute Gasteiger partial charge is 0.471 e. The maximum Gasteiger partial charge on any atom is 0.312 e. The second kappa shape index (κ2) is 9.17. The van der Waals surface area contributed by atoms with E-state index in [1.54, 1.807) is 50.4 Å². The Hall–Kier alpha value is -4.12. The molecular weight excluding hydrogens is 452 g/mol. The summed E-state index contributed by atoms with van der Waals surface area (Å²) < 4.78 is 14.2. The summed E-state index contributed by atoms with van der Waals surface area (Å²) in [5, 5.41) is 22.8. The fourth-order valence-electron chi connectivity index (χ4n) is 3.20. The minimum Gasteiger partial charge on any atom is -0.471 e. The molecule has 0 aliphatic heterocycles. The number of aryl methyl sites for hydroxylation is 1. The minimum absolute atomic E-state index is 0.0309. The fraction of sp³-hybridized carbons (Fsp3) is 0.190. The summed E-state index contributed by atoms with van der Waals surface area (Å²) in [5.41, 5.74) is 1.16. The molecule has 0 aliphatic carbocycles. The second-order valence-corrected chi connectivity index (χ2v) is 7.59. The first-order chi connectivity index (χ1) is 15.8. The molecule has 4 rings (SSSR count). The van der Waals surface area contributed by atoms with Gasteiger partial charge in [0.1, 0.15) is 22.9 Å². The molecule has 1 aromatic carbocycles. The zero-order chi connectivity index (χ0) is 23.5. The van der Waals surface area contributed by atoms with Gasteiger partial charge in [0.2, 0.25) is 0 Å². The summed E-state index contributed by atoms with van der Waals surface area (Å²) in [6.07, 6.45) is 3.11. The van der Waals surface area contributed by atoms with E-state index in [0.29, 0.717) is 33.6 Å². The number of rotatable bonds is 8. The van der Waals surface area contributed by atoms with Crippen LogP contribution in [0.1, 0.15) is 27.7 Å². The van der Waals surface area contributed by atoms with Crippen LogP contribution in [0.15, 0.2) is 53.2 Å². The van der Waals surface area contributed by atoms with E-state index < -0.39 is 10.8 Å². The zero-order valence-corrected chi connectivity index (χ0v) is 18.4. The van der Waals surface area contributed by atoms with E-state index >= 15 is 0 Å². The van der Waals surface area contributed by atoms with Crippen LogP contribution in [0.25, 0.3) is 0 Å². The van der Waals surface area contributed by atoms with Gasteiger partial charge >= 0.3 is 5.69 Å². The van der Waals surface area contributed by atoms with Crippen molar-refractivity contribution in [3.63, 3.8) is 0 Å². The summed E-state index contributed by atoms with van der Waals surface area (Å²) in [5.74, 6) is 0.703. The predicted octanol–water partition coefficient (Wildman–Crippen LogP) is 4.19. The summed E-state index contributed by atoms with van der Waals surface area (Å²) in [6.45, 7) is 3.50. The zero-order valence-electron chi connectivity index (χ0n) is 17.7. The Morgan fingerprint density at radius 1 is 1.24 bits per heavy atom.